The van der Waals surface area contributed by atoms with Gasteiger partial charge in [0.15, 0.2) is 12.0 Å². The van der Waals surface area contributed by atoms with Crippen LogP contribution in [0.25, 0.3) is 4.85 Å². The summed E-state index contributed by atoms with van der Waals surface area (Å²) < 4.78 is 0. The van der Waals surface area contributed by atoms with E-state index in [0.717, 1.165) is 0 Å². The monoisotopic (exact) mass is 187 g/mol. The highest BCUT2D eigenvalue weighted by Gasteiger charge is 2.29. The summed E-state index contributed by atoms with van der Waals surface area (Å²) in [5.41, 5.74) is 0. The van der Waals surface area contributed by atoms with Gasteiger partial charge < -0.3 is 16.5 Å². The Kier molecular flexibility index (Phi) is 4.25. The number of nitriles is 2. The standard InChI is InChI=1S/C8H3N4O2/c1-12-6(4-11)8(14)7(13)5(2-9)3-10/h5-6,11H/q-1. The molecule has 1 atom stereocenters. The molecule has 1 N–H and O–H groups in total. The molecule has 0 saturated carbocycles. The summed E-state index contributed by atoms with van der Waals surface area (Å²) in [6.45, 7) is 6.44. The van der Waals surface area contributed by atoms with Gasteiger partial charge in [0.1, 0.15) is 0 Å². The molecule has 0 aromatic rings. The quantitative estimate of drug-likeness (QED) is 0.366. The molecule has 0 amide bonds. The normalized spacial score (nSPS) is 10.4. The smallest absolute Gasteiger partial charge is 0.252 e. The maximum atomic E-state index is 11.0. The lowest BCUT2D eigenvalue weighted by Crippen LogP contribution is -2.31. The molecule has 6 nitrogen and oxygen atoms in total. The first-order valence-corrected chi connectivity index (χ1v) is 3.28. The first kappa shape index (κ1) is 11.5. The van der Waals surface area contributed by atoms with E-state index in [1.807, 2.05) is 0 Å². The van der Waals surface area contributed by atoms with E-state index in [0.29, 0.717) is 0 Å². The third kappa shape index (κ3) is 2.23. The summed E-state index contributed by atoms with van der Waals surface area (Å²) in [5, 5.41) is 23.1. The Labute approximate surface area is 79.7 Å². The number of rotatable bonds is 4. The minimum atomic E-state index is -1.71. The Balaban J connectivity index is 4.84. The zero-order valence-corrected chi connectivity index (χ0v) is 6.81. The van der Waals surface area contributed by atoms with Gasteiger partial charge in [-0.3, -0.25) is 9.59 Å². The lowest BCUT2D eigenvalue weighted by atomic mass is 10.0. The Bertz CT molecular complexity index is 379. The van der Waals surface area contributed by atoms with Crippen LogP contribution in [0.1, 0.15) is 0 Å². The number of hydrogen-bond acceptors (Lipinski definition) is 5. The summed E-state index contributed by atoms with van der Waals surface area (Å²) in [5.74, 6) is -4.22. The lowest BCUT2D eigenvalue weighted by Gasteiger charge is -2.04. The minimum Gasteiger partial charge on any atom is -0.511 e. The summed E-state index contributed by atoms with van der Waals surface area (Å²) in [7, 11) is 0. The van der Waals surface area contributed by atoms with Gasteiger partial charge in [0.25, 0.3) is 5.78 Å². The van der Waals surface area contributed by atoms with Crippen molar-refractivity contribution < 1.29 is 9.59 Å². The average molecular weight is 187 g/mol. The van der Waals surface area contributed by atoms with E-state index in [9.17, 15) is 9.59 Å². The van der Waals surface area contributed by atoms with Crippen LogP contribution < -0.4 is 0 Å². The van der Waals surface area contributed by atoms with E-state index < -0.39 is 23.5 Å². The summed E-state index contributed by atoms with van der Waals surface area (Å²) in [4.78, 5) is 24.7. The Hall–Kier alpha value is -2.52. The van der Waals surface area contributed by atoms with Crippen molar-refractivity contribution in [2.75, 3.05) is 0 Å². The second-order valence-corrected chi connectivity index (χ2v) is 2.10. The van der Waals surface area contributed by atoms with Crippen molar-refractivity contribution in [1.82, 2.24) is 0 Å². The summed E-state index contributed by atoms with van der Waals surface area (Å²) in [6.07, 6.45) is 1.54. The van der Waals surface area contributed by atoms with E-state index in [4.69, 9.17) is 22.5 Å². The molecular formula is C8H3N4O2-. The van der Waals surface area contributed by atoms with Gasteiger partial charge in [-0.15, -0.1) is 0 Å². The van der Waals surface area contributed by atoms with Crippen LogP contribution in [0.2, 0.25) is 0 Å². The van der Waals surface area contributed by atoms with Gasteiger partial charge in [0.2, 0.25) is 5.78 Å². The zero-order chi connectivity index (χ0) is 11.1. The van der Waals surface area contributed by atoms with Crippen molar-refractivity contribution in [1.29, 1.82) is 15.9 Å². The highest BCUT2D eigenvalue weighted by Crippen LogP contribution is 2.00. The van der Waals surface area contributed by atoms with Crippen LogP contribution in [-0.4, -0.2) is 23.8 Å². The maximum absolute atomic E-state index is 11.0. The van der Waals surface area contributed by atoms with E-state index in [1.54, 1.807) is 6.21 Å². The van der Waals surface area contributed by atoms with E-state index in [1.165, 1.54) is 12.1 Å². The largest absolute Gasteiger partial charge is 0.511 e. The van der Waals surface area contributed by atoms with Crippen LogP contribution in [-0.2, 0) is 9.59 Å². The lowest BCUT2D eigenvalue weighted by molar-refractivity contribution is -0.136. The molecule has 14 heavy (non-hydrogen) atoms. The molecule has 1 unspecified atom stereocenters. The number of ketones is 2. The Morgan fingerprint density at radius 1 is 1.36 bits per heavy atom. The molecule has 0 aliphatic carbocycles. The molecule has 0 aromatic carbocycles. The molecule has 0 saturated heterocycles. The van der Waals surface area contributed by atoms with Crippen LogP contribution in [0.15, 0.2) is 0 Å². The van der Waals surface area contributed by atoms with Gasteiger partial charge in [-0.05, 0) is 0 Å². The van der Waals surface area contributed by atoms with Crippen LogP contribution in [0.4, 0.5) is 0 Å². The van der Waals surface area contributed by atoms with Gasteiger partial charge in [0, 0.05) is 0 Å². The number of hydrogen-bond donors (Lipinski definition) is 1. The van der Waals surface area contributed by atoms with E-state index in [-0.39, 0.29) is 0 Å². The van der Waals surface area contributed by atoms with Crippen molar-refractivity contribution in [2.24, 2.45) is 5.92 Å². The molecule has 6 heteroatoms. The number of nitrogens with one attached hydrogen (secondary N) is 1. The summed E-state index contributed by atoms with van der Waals surface area (Å²) in [6, 6.07) is 0.978. The number of carbonyl (C=O) groups is 2. The highest BCUT2D eigenvalue weighted by molar-refractivity contribution is 6.44. The highest BCUT2D eigenvalue weighted by atomic mass is 16.2. The molecular weight excluding hydrogens is 184 g/mol. The van der Waals surface area contributed by atoms with Crippen LogP contribution in [0.3, 0.4) is 0 Å². The first-order valence-electron chi connectivity index (χ1n) is 3.28. The molecule has 0 aliphatic heterocycles. The number of Topliss-reactive ketones (excluding diaryl/α,β-unsaturated/α-hetero) is 2. The van der Waals surface area contributed by atoms with Gasteiger partial charge in [-0.1, -0.05) is 0 Å². The van der Waals surface area contributed by atoms with E-state index in [2.05, 4.69) is 4.85 Å². The molecule has 0 rings (SSSR count). The molecule has 0 heterocycles. The molecule has 68 valence electrons. The Morgan fingerprint density at radius 3 is 2.14 bits per heavy atom. The van der Waals surface area contributed by atoms with Crippen molar-refractivity contribution in [3.05, 3.63) is 11.4 Å². The van der Waals surface area contributed by atoms with Gasteiger partial charge in [-0.2, -0.15) is 10.5 Å². The molecule has 0 aromatic heterocycles. The van der Waals surface area contributed by atoms with Gasteiger partial charge >= 0.3 is 0 Å². The van der Waals surface area contributed by atoms with Gasteiger partial charge in [-0.25, -0.2) is 6.57 Å². The van der Waals surface area contributed by atoms with Gasteiger partial charge in [0.05, 0.1) is 12.1 Å². The molecule has 0 aliphatic rings. The third-order valence-electron chi connectivity index (χ3n) is 1.28. The van der Waals surface area contributed by atoms with Crippen LogP contribution in [0.5, 0.6) is 0 Å². The van der Waals surface area contributed by atoms with Crippen LogP contribution in [0, 0.1) is 40.6 Å². The van der Waals surface area contributed by atoms with Crippen molar-refractivity contribution in [3.8, 4) is 12.1 Å². The molecule has 0 bridgehead atoms. The zero-order valence-electron chi connectivity index (χ0n) is 6.81. The number of nitrogens with zero attached hydrogens (tertiary/aromatic N) is 3. The fourth-order valence-corrected chi connectivity index (χ4v) is 0.580. The van der Waals surface area contributed by atoms with E-state index >= 15 is 0 Å². The number of carbonyl (C=O) groups excluding carboxylic acids is 2. The fraction of sp³-hybridized carbons (Fsp3) is 0.250. The SMILES string of the molecule is [C-]#[N+]C([C-]=N)C(=O)C(=O)C(C#N)C#N. The predicted octanol–water partition coefficient (Wildman–Crippen LogP) is -0.398. The minimum absolute atomic E-state index is 1.25. The van der Waals surface area contributed by atoms with Crippen molar-refractivity contribution >= 4 is 17.8 Å². The summed E-state index contributed by atoms with van der Waals surface area (Å²) >= 11 is 0. The predicted molar refractivity (Wildman–Crippen MR) is 42.8 cm³/mol. The first-order chi connectivity index (χ1) is 6.62. The molecule has 0 spiro atoms. The topological polar surface area (TPSA) is 110 Å². The average Bonchev–Trinajstić information content (AvgIpc) is 2.21. The van der Waals surface area contributed by atoms with Crippen LogP contribution >= 0.6 is 0 Å². The second kappa shape index (κ2) is 5.18. The van der Waals surface area contributed by atoms with Crippen molar-refractivity contribution in [3.63, 3.8) is 0 Å². The second-order valence-electron chi connectivity index (χ2n) is 2.10. The fourth-order valence-electron chi connectivity index (χ4n) is 0.580. The molecule has 0 fully saturated rings. The maximum Gasteiger partial charge on any atom is 0.252 e. The van der Waals surface area contributed by atoms with Crippen molar-refractivity contribution in [2.45, 2.75) is 6.04 Å². The molecule has 0 radical (unpaired) electrons. The Morgan fingerprint density at radius 2 is 1.86 bits per heavy atom. The third-order valence-corrected chi connectivity index (χ3v) is 1.28.